The Labute approximate surface area is 119 Å². The Kier molecular flexibility index (Phi) is 2.18. The van der Waals surface area contributed by atoms with Crippen molar-refractivity contribution < 1.29 is 4.79 Å². The molecular formula is C17H9BrO. The summed E-state index contributed by atoms with van der Waals surface area (Å²) in [5.41, 5.74) is 3.74. The third-order valence-corrected chi connectivity index (χ3v) is 4.39. The summed E-state index contributed by atoms with van der Waals surface area (Å²) in [6.45, 7) is 0. The van der Waals surface area contributed by atoms with E-state index in [1.54, 1.807) is 0 Å². The molecule has 0 aromatic heterocycles. The lowest BCUT2D eigenvalue weighted by atomic mass is 9.98. The summed E-state index contributed by atoms with van der Waals surface area (Å²) in [7, 11) is 0. The largest absolute Gasteiger partial charge is 0.289 e. The van der Waals surface area contributed by atoms with E-state index in [-0.39, 0.29) is 5.78 Å². The first-order valence-electron chi connectivity index (χ1n) is 6.13. The van der Waals surface area contributed by atoms with Crippen molar-refractivity contribution in [3.8, 4) is 11.1 Å². The van der Waals surface area contributed by atoms with Crippen LogP contribution in [0, 0.1) is 0 Å². The average molecular weight is 309 g/mol. The summed E-state index contributed by atoms with van der Waals surface area (Å²) in [6.07, 6.45) is 0. The monoisotopic (exact) mass is 308 g/mol. The Balaban J connectivity index is 2.22. The van der Waals surface area contributed by atoms with Crippen molar-refractivity contribution in [1.82, 2.24) is 0 Å². The van der Waals surface area contributed by atoms with Crippen LogP contribution in [0.5, 0.6) is 0 Å². The van der Waals surface area contributed by atoms with Crippen molar-refractivity contribution in [3.05, 3.63) is 70.2 Å². The highest BCUT2D eigenvalue weighted by Crippen LogP contribution is 2.42. The van der Waals surface area contributed by atoms with Crippen LogP contribution >= 0.6 is 15.9 Å². The van der Waals surface area contributed by atoms with Crippen molar-refractivity contribution in [2.75, 3.05) is 0 Å². The molecule has 1 aliphatic rings. The van der Waals surface area contributed by atoms with Crippen LogP contribution in [0.1, 0.15) is 15.9 Å². The van der Waals surface area contributed by atoms with Gasteiger partial charge in [0.15, 0.2) is 5.78 Å². The van der Waals surface area contributed by atoms with Crippen molar-refractivity contribution in [2.24, 2.45) is 0 Å². The molecule has 1 nitrogen and oxygen atoms in total. The van der Waals surface area contributed by atoms with Gasteiger partial charge in [-0.3, -0.25) is 4.79 Å². The Hall–Kier alpha value is -1.93. The highest BCUT2D eigenvalue weighted by Gasteiger charge is 2.27. The minimum absolute atomic E-state index is 0.132. The molecule has 4 rings (SSSR count). The molecule has 0 heterocycles. The lowest BCUT2D eigenvalue weighted by molar-refractivity contribution is 0.104. The predicted molar refractivity (Wildman–Crippen MR) is 80.5 cm³/mol. The van der Waals surface area contributed by atoms with E-state index in [9.17, 15) is 4.79 Å². The minimum Gasteiger partial charge on any atom is -0.289 e. The van der Waals surface area contributed by atoms with Gasteiger partial charge in [-0.1, -0.05) is 58.4 Å². The standard InChI is InChI=1S/C17H9BrO/c18-15-7-3-6-11-10(15)8-9-14-16(11)12-4-1-2-5-13(12)17(14)19/h1-9H. The van der Waals surface area contributed by atoms with Crippen molar-refractivity contribution in [1.29, 1.82) is 0 Å². The van der Waals surface area contributed by atoms with Gasteiger partial charge >= 0.3 is 0 Å². The van der Waals surface area contributed by atoms with Gasteiger partial charge in [-0.2, -0.15) is 0 Å². The molecule has 0 saturated carbocycles. The molecule has 0 N–H and O–H groups in total. The molecule has 0 unspecified atom stereocenters. The van der Waals surface area contributed by atoms with Gasteiger partial charge in [-0.25, -0.2) is 0 Å². The minimum atomic E-state index is 0.132. The molecular weight excluding hydrogens is 300 g/mol. The average Bonchev–Trinajstić information content (AvgIpc) is 2.74. The van der Waals surface area contributed by atoms with E-state index < -0.39 is 0 Å². The van der Waals surface area contributed by atoms with Crippen molar-refractivity contribution >= 4 is 32.5 Å². The van der Waals surface area contributed by atoms with E-state index in [1.165, 1.54) is 0 Å². The predicted octanol–water partition coefficient (Wildman–Crippen LogP) is 4.81. The van der Waals surface area contributed by atoms with Crippen LogP contribution in [-0.2, 0) is 0 Å². The normalized spacial score (nSPS) is 12.6. The highest BCUT2D eigenvalue weighted by atomic mass is 79.9. The van der Waals surface area contributed by atoms with Crippen molar-refractivity contribution in [2.45, 2.75) is 0 Å². The maximum atomic E-state index is 12.4. The molecule has 1 aliphatic carbocycles. The highest BCUT2D eigenvalue weighted by molar-refractivity contribution is 9.10. The SMILES string of the molecule is O=C1c2ccccc2-c2c1ccc1c(Br)cccc21. The summed E-state index contributed by atoms with van der Waals surface area (Å²) in [4.78, 5) is 12.4. The van der Waals surface area contributed by atoms with E-state index in [1.807, 2.05) is 48.5 Å². The van der Waals surface area contributed by atoms with E-state index in [4.69, 9.17) is 0 Å². The fourth-order valence-corrected chi connectivity index (χ4v) is 3.34. The van der Waals surface area contributed by atoms with Crippen LogP contribution in [0.25, 0.3) is 21.9 Å². The van der Waals surface area contributed by atoms with Gasteiger partial charge in [0, 0.05) is 21.2 Å². The Bertz CT molecular complexity index is 849. The third kappa shape index (κ3) is 1.38. The Morgan fingerprint density at radius 1 is 0.684 bits per heavy atom. The molecule has 0 bridgehead atoms. The van der Waals surface area contributed by atoms with E-state index in [0.717, 1.165) is 37.5 Å². The van der Waals surface area contributed by atoms with Gasteiger partial charge in [0.25, 0.3) is 0 Å². The van der Waals surface area contributed by atoms with Crippen LogP contribution in [0.15, 0.2) is 59.1 Å². The van der Waals surface area contributed by atoms with Crippen LogP contribution < -0.4 is 0 Å². The number of rotatable bonds is 0. The van der Waals surface area contributed by atoms with Crippen molar-refractivity contribution in [3.63, 3.8) is 0 Å². The maximum absolute atomic E-state index is 12.4. The number of hydrogen-bond donors (Lipinski definition) is 0. The zero-order chi connectivity index (χ0) is 13.0. The van der Waals surface area contributed by atoms with E-state index >= 15 is 0 Å². The quantitative estimate of drug-likeness (QED) is 0.455. The van der Waals surface area contributed by atoms with E-state index in [0.29, 0.717) is 0 Å². The molecule has 0 radical (unpaired) electrons. The smallest absolute Gasteiger partial charge is 0.194 e. The number of benzene rings is 3. The zero-order valence-electron chi connectivity index (χ0n) is 9.98. The van der Waals surface area contributed by atoms with Gasteiger partial charge in [-0.05, 0) is 28.5 Å². The number of carbonyl (C=O) groups excluding carboxylic acids is 1. The summed E-state index contributed by atoms with van der Waals surface area (Å²) in [6, 6.07) is 17.9. The number of ketones is 1. The first-order chi connectivity index (χ1) is 9.27. The second-order valence-corrected chi connectivity index (χ2v) is 5.55. The third-order valence-electron chi connectivity index (χ3n) is 3.69. The van der Waals surface area contributed by atoms with Gasteiger partial charge in [0.1, 0.15) is 0 Å². The summed E-state index contributed by atoms with van der Waals surface area (Å²) in [5.74, 6) is 0.132. The second kappa shape index (κ2) is 3.78. The lowest BCUT2D eigenvalue weighted by Crippen LogP contribution is -1.94. The fourth-order valence-electron chi connectivity index (χ4n) is 2.84. The van der Waals surface area contributed by atoms with Gasteiger partial charge < -0.3 is 0 Å². The number of hydrogen-bond acceptors (Lipinski definition) is 1. The fraction of sp³-hybridized carbons (Fsp3) is 0. The molecule has 3 aromatic rings. The maximum Gasteiger partial charge on any atom is 0.194 e. The topological polar surface area (TPSA) is 17.1 Å². The molecule has 19 heavy (non-hydrogen) atoms. The van der Waals surface area contributed by atoms with Crippen LogP contribution in [0.3, 0.4) is 0 Å². The van der Waals surface area contributed by atoms with Gasteiger partial charge in [0.05, 0.1) is 0 Å². The zero-order valence-corrected chi connectivity index (χ0v) is 11.6. The number of carbonyl (C=O) groups is 1. The molecule has 0 aliphatic heterocycles. The summed E-state index contributed by atoms with van der Waals surface area (Å²) in [5, 5.41) is 2.27. The molecule has 2 heteroatoms. The summed E-state index contributed by atoms with van der Waals surface area (Å²) < 4.78 is 1.06. The number of fused-ring (bicyclic) bond motifs is 5. The molecule has 0 amide bonds. The first kappa shape index (κ1) is 10.9. The molecule has 0 saturated heterocycles. The lowest BCUT2D eigenvalue weighted by Gasteiger charge is -2.07. The molecule has 90 valence electrons. The Morgan fingerprint density at radius 3 is 2.32 bits per heavy atom. The van der Waals surface area contributed by atoms with Gasteiger partial charge in [-0.15, -0.1) is 0 Å². The first-order valence-corrected chi connectivity index (χ1v) is 6.92. The van der Waals surface area contributed by atoms with E-state index in [2.05, 4.69) is 22.0 Å². The molecule has 0 fully saturated rings. The Morgan fingerprint density at radius 2 is 1.47 bits per heavy atom. The van der Waals surface area contributed by atoms with Crippen LogP contribution in [0.2, 0.25) is 0 Å². The van der Waals surface area contributed by atoms with Crippen LogP contribution in [0.4, 0.5) is 0 Å². The molecule has 3 aromatic carbocycles. The van der Waals surface area contributed by atoms with Gasteiger partial charge in [0.2, 0.25) is 0 Å². The molecule has 0 atom stereocenters. The second-order valence-electron chi connectivity index (χ2n) is 4.70. The summed E-state index contributed by atoms with van der Waals surface area (Å²) >= 11 is 3.58. The molecule has 0 spiro atoms. The number of halogens is 1. The van der Waals surface area contributed by atoms with Crippen LogP contribution in [-0.4, -0.2) is 5.78 Å².